The number of nitrogens with zero attached hydrogens (tertiary/aromatic N) is 3. The Morgan fingerprint density at radius 3 is 3.05 bits per heavy atom. The van der Waals surface area contributed by atoms with Crippen molar-refractivity contribution in [3.63, 3.8) is 0 Å². The molecule has 1 atom stereocenters. The molecule has 0 saturated carbocycles. The lowest BCUT2D eigenvalue weighted by Crippen LogP contribution is -2.15. The Kier molecular flexibility index (Phi) is 3.77. The highest BCUT2D eigenvalue weighted by Crippen LogP contribution is 2.22. The Balaban J connectivity index is 1.67. The van der Waals surface area contributed by atoms with Gasteiger partial charge in [0.15, 0.2) is 5.82 Å². The molecule has 0 fully saturated rings. The Hall–Kier alpha value is -2.50. The van der Waals surface area contributed by atoms with Crippen molar-refractivity contribution in [2.24, 2.45) is 5.92 Å². The number of benzene rings is 1. The lowest BCUT2D eigenvalue weighted by molar-refractivity contribution is -0.116. The fourth-order valence-electron chi connectivity index (χ4n) is 2.42. The first kappa shape index (κ1) is 13.5. The van der Waals surface area contributed by atoms with Gasteiger partial charge in [0.05, 0.1) is 0 Å². The third-order valence-electron chi connectivity index (χ3n) is 3.46. The van der Waals surface area contributed by atoms with Crippen LogP contribution in [0.2, 0.25) is 0 Å². The third-order valence-corrected chi connectivity index (χ3v) is 3.46. The van der Waals surface area contributed by atoms with Gasteiger partial charge in [-0.25, -0.2) is 14.1 Å². The standard InChI is InChI=1S/C15H15FN4O/c16-13-8-12(5-6-14(13)20-10-17-9-18-20)19-15(21)7-11-3-1-2-4-11/h1,3,5-6,8-11H,2,4,7H2,(H,19,21). The SMILES string of the molecule is O=C(CC1C=CCC1)Nc1ccc(-n2cncn2)c(F)c1. The summed E-state index contributed by atoms with van der Waals surface area (Å²) >= 11 is 0. The van der Waals surface area contributed by atoms with E-state index in [1.54, 1.807) is 12.1 Å². The van der Waals surface area contributed by atoms with Crippen LogP contribution in [0.15, 0.2) is 43.0 Å². The van der Waals surface area contributed by atoms with Crippen LogP contribution in [0.1, 0.15) is 19.3 Å². The maximum absolute atomic E-state index is 14.0. The number of hydrogen-bond acceptors (Lipinski definition) is 3. The van der Waals surface area contributed by atoms with E-state index >= 15 is 0 Å². The van der Waals surface area contributed by atoms with Crippen molar-refractivity contribution >= 4 is 11.6 Å². The molecule has 1 heterocycles. The number of halogens is 1. The highest BCUT2D eigenvalue weighted by molar-refractivity contribution is 5.91. The summed E-state index contributed by atoms with van der Waals surface area (Å²) in [5.41, 5.74) is 0.743. The van der Waals surface area contributed by atoms with Gasteiger partial charge in [-0.2, -0.15) is 5.10 Å². The normalized spacial score (nSPS) is 17.1. The summed E-state index contributed by atoms with van der Waals surface area (Å²) in [6.45, 7) is 0. The summed E-state index contributed by atoms with van der Waals surface area (Å²) in [5.74, 6) is -0.261. The third kappa shape index (κ3) is 3.16. The van der Waals surface area contributed by atoms with Crippen molar-refractivity contribution in [3.05, 3.63) is 48.8 Å². The zero-order valence-electron chi connectivity index (χ0n) is 11.4. The minimum atomic E-state index is -0.459. The highest BCUT2D eigenvalue weighted by Gasteiger charge is 2.14. The molecule has 5 nitrogen and oxygen atoms in total. The number of allylic oxidation sites excluding steroid dienone is 2. The average molecular weight is 286 g/mol. The van der Waals surface area contributed by atoms with Crippen molar-refractivity contribution in [2.75, 3.05) is 5.32 Å². The predicted octanol–water partition coefficient (Wildman–Crippen LogP) is 2.70. The Morgan fingerprint density at radius 2 is 2.38 bits per heavy atom. The largest absolute Gasteiger partial charge is 0.326 e. The van der Waals surface area contributed by atoms with E-state index in [1.807, 2.05) is 0 Å². The first-order valence-corrected chi connectivity index (χ1v) is 6.83. The number of amides is 1. The lowest BCUT2D eigenvalue weighted by atomic mass is 10.1. The molecular weight excluding hydrogens is 271 g/mol. The number of carbonyl (C=O) groups is 1. The molecule has 1 aliphatic carbocycles. The van der Waals surface area contributed by atoms with Gasteiger partial charge in [-0.05, 0) is 37.0 Å². The minimum Gasteiger partial charge on any atom is -0.326 e. The summed E-state index contributed by atoms with van der Waals surface area (Å²) in [5, 5.41) is 6.60. The number of anilines is 1. The van der Waals surface area contributed by atoms with Gasteiger partial charge < -0.3 is 5.32 Å². The molecule has 3 rings (SSSR count). The van der Waals surface area contributed by atoms with Crippen LogP contribution >= 0.6 is 0 Å². The summed E-state index contributed by atoms with van der Waals surface area (Å²) in [6, 6.07) is 4.51. The van der Waals surface area contributed by atoms with Gasteiger partial charge in [0.25, 0.3) is 0 Å². The first-order chi connectivity index (χ1) is 10.2. The molecule has 1 aromatic carbocycles. The highest BCUT2D eigenvalue weighted by atomic mass is 19.1. The smallest absolute Gasteiger partial charge is 0.224 e. The summed E-state index contributed by atoms with van der Waals surface area (Å²) in [6.07, 6.45) is 9.38. The Labute approximate surface area is 121 Å². The Morgan fingerprint density at radius 1 is 1.48 bits per heavy atom. The van der Waals surface area contributed by atoms with Gasteiger partial charge in [-0.3, -0.25) is 4.79 Å². The predicted molar refractivity (Wildman–Crippen MR) is 76.4 cm³/mol. The van der Waals surface area contributed by atoms with Gasteiger partial charge in [-0.1, -0.05) is 12.2 Å². The summed E-state index contributed by atoms with van der Waals surface area (Å²) < 4.78 is 15.4. The zero-order valence-corrected chi connectivity index (χ0v) is 11.4. The molecule has 108 valence electrons. The minimum absolute atomic E-state index is 0.0977. The molecule has 0 radical (unpaired) electrons. The quantitative estimate of drug-likeness (QED) is 0.879. The molecule has 1 amide bonds. The summed E-state index contributed by atoms with van der Waals surface area (Å²) in [4.78, 5) is 15.7. The summed E-state index contributed by atoms with van der Waals surface area (Å²) in [7, 11) is 0. The molecule has 2 aromatic rings. The fourth-order valence-corrected chi connectivity index (χ4v) is 2.42. The van der Waals surface area contributed by atoms with Gasteiger partial charge in [0, 0.05) is 12.1 Å². The van der Waals surface area contributed by atoms with E-state index in [0.29, 0.717) is 23.7 Å². The van der Waals surface area contributed by atoms with E-state index in [4.69, 9.17) is 0 Å². The monoisotopic (exact) mass is 286 g/mol. The van der Waals surface area contributed by atoms with E-state index in [9.17, 15) is 9.18 Å². The van der Waals surface area contributed by atoms with E-state index in [-0.39, 0.29) is 5.91 Å². The number of rotatable bonds is 4. The van der Waals surface area contributed by atoms with Gasteiger partial charge in [-0.15, -0.1) is 0 Å². The second kappa shape index (κ2) is 5.87. The molecule has 0 saturated heterocycles. The van der Waals surface area contributed by atoms with Gasteiger partial charge in [0.2, 0.25) is 5.91 Å². The molecule has 1 unspecified atom stereocenters. The van der Waals surface area contributed by atoms with Crippen molar-refractivity contribution in [3.8, 4) is 5.69 Å². The van der Waals surface area contributed by atoms with Crippen LogP contribution in [0.5, 0.6) is 0 Å². The van der Waals surface area contributed by atoms with Crippen molar-refractivity contribution in [1.29, 1.82) is 0 Å². The zero-order chi connectivity index (χ0) is 14.7. The number of carbonyl (C=O) groups excluding carboxylic acids is 1. The molecule has 0 bridgehead atoms. The molecule has 0 spiro atoms. The molecule has 1 aromatic heterocycles. The van der Waals surface area contributed by atoms with E-state index < -0.39 is 5.82 Å². The number of hydrogen-bond donors (Lipinski definition) is 1. The molecule has 0 aliphatic heterocycles. The van der Waals surface area contributed by atoms with Crippen molar-refractivity contribution in [1.82, 2.24) is 14.8 Å². The van der Waals surface area contributed by atoms with Crippen LogP contribution in [0, 0.1) is 11.7 Å². The van der Waals surface area contributed by atoms with Gasteiger partial charge >= 0.3 is 0 Å². The first-order valence-electron chi connectivity index (χ1n) is 6.83. The van der Waals surface area contributed by atoms with E-state index in [1.165, 1.54) is 23.4 Å². The van der Waals surface area contributed by atoms with Crippen LogP contribution in [0.4, 0.5) is 10.1 Å². The topological polar surface area (TPSA) is 59.8 Å². The molecule has 21 heavy (non-hydrogen) atoms. The Bertz CT molecular complexity index is 666. The molecular formula is C15H15FN4O. The maximum Gasteiger partial charge on any atom is 0.224 e. The fraction of sp³-hybridized carbons (Fsp3) is 0.267. The average Bonchev–Trinajstić information content (AvgIpc) is 3.11. The second-order valence-electron chi connectivity index (χ2n) is 5.02. The van der Waals surface area contributed by atoms with E-state index in [0.717, 1.165) is 12.8 Å². The second-order valence-corrected chi connectivity index (χ2v) is 5.02. The van der Waals surface area contributed by atoms with Crippen LogP contribution in [0.25, 0.3) is 5.69 Å². The van der Waals surface area contributed by atoms with Gasteiger partial charge in [0.1, 0.15) is 18.3 Å². The van der Waals surface area contributed by atoms with E-state index in [2.05, 4.69) is 27.6 Å². The lowest BCUT2D eigenvalue weighted by Gasteiger charge is -2.10. The van der Waals surface area contributed by atoms with Crippen LogP contribution < -0.4 is 5.32 Å². The molecule has 1 N–H and O–H groups in total. The van der Waals surface area contributed by atoms with Crippen molar-refractivity contribution in [2.45, 2.75) is 19.3 Å². The molecule has 6 heteroatoms. The van der Waals surface area contributed by atoms with Crippen LogP contribution in [-0.2, 0) is 4.79 Å². The number of aromatic nitrogens is 3. The maximum atomic E-state index is 14.0. The van der Waals surface area contributed by atoms with Crippen LogP contribution in [-0.4, -0.2) is 20.7 Å². The molecule has 1 aliphatic rings. The van der Waals surface area contributed by atoms with Crippen LogP contribution in [0.3, 0.4) is 0 Å². The number of nitrogens with one attached hydrogen (secondary N) is 1. The van der Waals surface area contributed by atoms with Crippen molar-refractivity contribution < 1.29 is 9.18 Å².